The summed E-state index contributed by atoms with van der Waals surface area (Å²) in [5, 5.41) is 11.2. The van der Waals surface area contributed by atoms with Gasteiger partial charge in [0.1, 0.15) is 5.75 Å². The topological polar surface area (TPSA) is 71.3 Å². The second kappa shape index (κ2) is 7.25. The summed E-state index contributed by atoms with van der Waals surface area (Å²) in [6, 6.07) is 8.59. The van der Waals surface area contributed by atoms with Crippen LogP contribution in [0.3, 0.4) is 0 Å². The van der Waals surface area contributed by atoms with Crippen molar-refractivity contribution in [1.29, 1.82) is 5.26 Å². The molecular weight excluding hydrogens is 220 g/mol. The number of methoxy groups -OCH3 is 1. The Bertz CT molecular complexity index is 395. The summed E-state index contributed by atoms with van der Waals surface area (Å²) in [7, 11) is 1.57. The number of hydrogen-bond acceptors (Lipinski definition) is 4. The van der Waals surface area contributed by atoms with Crippen molar-refractivity contribution in [2.45, 2.75) is 0 Å². The molecule has 90 valence electrons. The molecule has 0 unspecified atom stereocenters. The first-order valence-corrected chi connectivity index (χ1v) is 5.15. The number of nitrogens with zero attached hydrogens (tertiary/aromatic N) is 1. The largest absolute Gasteiger partial charge is 0.484 e. The lowest BCUT2D eigenvalue weighted by molar-refractivity contribution is -0.123. The lowest BCUT2D eigenvalue weighted by Crippen LogP contribution is -2.31. The quantitative estimate of drug-likeness (QED) is 0.735. The van der Waals surface area contributed by atoms with Crippen LogP contribution in [-0.4, -0.2) is 32.8 Å². The van der Waals surface area contributed by atoms with Crippen LogP contribution in [0.15, 0.2) is 24.3 Å². The molecule has 0 aliphatic heterocycles. The van der Waals surface area contributed by atoms with E-state index in [-0.39, 0.29) is 12.5 Å². The van der Waals surface area contributed by atoms with E-state index in [2.05, 4.69) is 5.32 Å². The molecule has 0 radical (unpaired) electrons. The average Bonchev–Trinajstić information content (AvgIpc) is 2.37. The van der Waals surface area contributed by atoms with E-state index in [4.69, 9.17) is 14.7 Å². The Hall–Kier alpha value is -2.06. The lowest BCUT2D eigenvalue weighted by Gasteiger charge is -2.06. The van der Waals surface area contributed by atoms with Crippen molar-refractivity contribution in [1.82, 2.24) is 5.32 Å². The molecule has 0 spiro atoms. The van der Waals surface area contributed by atoms with Crippen molar-refractivity contribution in [3.05, 3.63) is 29.8 Å². The highest BCUT2D eigenvalue weighted by Crippen LogP contribution is 2.10. The SMILES string of the molecule is COCCNC(=O)COc1ccc(C#N)cc1. The second-order valence-electron chi connectivity index (χ2n) is 3.27. The first-order chi connectivity index (χ1) is 8.26. The van der Waals surface area contributed by atoms with Crippen molar-refractivity contribution in [3.8, 4) is 11.8 Å². The minimum atomic E-state index is -0.202. The number of rotatable bonds is 6. The Morgan fingerprint density at radius 2 is 2.12 bits per heavy atom. The fourth-order valence-electron chi connectivity index (χ4n) is 1.12. The van der Waals surface area contributed by atoms with Crippen LogP contribution >= 0.6 is 0 Å². The zero-order valence-electron chi connectivity index (χ0n) is 9.60. The summed E-state index contributed by atoms with van der Waals surface area (Å²) < 4.78 is 10.0. The Morgan fingerprint density at radius 1 is 1.41 bits per heavy atom. The van der Waals surface area contributed by atoms with Gasteiger partial charge in [-0.05, 0) is 24.3 Å². The van der Waals surface area contributed by atoms with E-state index in [9.17, 15) is 4.79 Å². The number of nitriles is 1. The molecule has 0 atom stereocenters. The zero-order chi connectivity index (χ0) is 12.5. The standard InChI is InChI=1S/C12H14N2O3/c1-16-7-6-14-12(15)9-17-11-4-2-10(8-13)3-5-11/h2-5H,6-7,9H2,1H3,(H,14,15). The van der Waals surface area contributed by atoms with Gasteiger partial charge < -0.3 is 14.8 Å². The molecule has 5 heteroatoms. The van der Waals surface area contributed by atoms with Crippen molar-refractivity contribution < 1.29 is 14.3 Å². The summed E-state index contributed by atoms with van der Waals surface area (Å²) in [5.41, 5.74) is 0.557. The maximum Gasteiger partial charge on any atom is 0.258 e. The van der Waals surface area contributed by atoms with Crippen molar-refractivity contribution >= 4 is 5.91 Å². The average molecular weight is 234 g/mol. The van der Waals surface area contributed by atoms with Crippen LogP contribution in [0.25, 0.3) is 0 Å². The molecule has 1 aromatic carbocycles. The molecule has 5 nitrogen and oxygen atoms in total. The van der Waals surface area contributed by atoms with E-state index < -0.39 is 0 Å². The fourth-order valence-corrected chi connectivity index (χ4v) is 1.12. The molecule has 0 aliphatic carbocycles. The monoisotopic (exact) mass is 234 g/mol. The number of hydrogen-bond donors (Lipinski definition) is 1. The predicted octanol–water partition coefficient (Wildman–Crippen LogP) is 0.700. The number of amides is 1. The van der Waals surface area contributed by atoms with E-state index in [0.717, 1.165) is 0 Å². The third-order valence-corrected chi connectivity index (χ3v) is 1.98. The van der Waals surface area contributed by atoms with Gasteiger partial charge in [0.25, 0.3) is 5.91 Å². The number of carbonyl (C=O) groups excluding carboxylic acids is 1. The maximum absolute atomic E-state index is 11.3. The highest BCUT2D eigenvalue weighted by Gasteiger charge is 2.01. The molecule has 1 rings (SSSR count). The summed E-state index contributed by atoms with van der Waals surface area (Å²) >= 11 is 0. The minimum Gasteiger partial charge on any atom is -0.484 e. The van der Waals surface area contributed by atoms with Crippen LogP contribution in [0.5, 0.6) is 5.75 Å². The molecule has 0 bridgehead atoms. The Balaban J connectivity index is 2.30. The highest BCUT2D eigenvalue weighted by atomic mass is 16.5. The third kappa shape index (κ3) is 5.00. The number of benzene rings is 1. The van der Waals surface area contributed by atoms with E-state index >= 15 is 0 Å². The van der Waals surface area contributed by atoms with Gasteiger partial charge >= 0.3 is 0 Å². The molecule has 1 N–H and O–H groups in total. The van der Waals surface area contributed by atoms with Crippen LogP contribution < -0.4 is 10.1 Å². The van der Waals surface area contributed by atoms with Crippen LogP contribution in [0.2, 0.25) is 0 Å². The zero-order valence-corrected chi connectivity index (χ0v) is 9.60. The first-order valence-electron chi connectivity index (χ1n) is 5.15. The summed E-state index contributed by atoms with van der Waals surface area (Å²) in [4.78, 5) is 11.3. The predicted molar refractivity (Wildman–Crippen MR) is 61.5 cm³/mol. The van der Waals surface area contributed by atoms with Gasteiger partial charge in [0.2, 0.25) is 0 Å². The van der Waals surface area contributed by atoms with E-state index in [1.54, 1.807) is 31.4 Å². The van der Waals surface area contributed by atoms with Crippen molar-refractivity contribution in [2.24, 2.45) is 0 Å². The van der Waals surface area contributed by atoms with Gasteiger partial charge in [-0.15, -0.1) is 0 Å². The highest BCUT2D eigenvalue weighted by molar-refractivity contribution is 5.77. The van der Waals surface area contributed by atoms with Crippen LogP contribution in [0.4, 0.5) is 0 Å². The van der Waals surface area contributed by atoms with Gasteiger partial charge in [-0.3, -0.25) is 4.79 Å². The molecule has 0 aromatic heterocycles. The van der Waals surface area contributed by atoms with Crippen LogP contribution in [0, 0.1) is 11.3 Å². The van der Waals surface area contributed by atoms with Gasteiger partial charge in [-0.25, -0.2) is 0 Å². The smallest absolute Gasteiger partial charge is 0.258 e. The fraction of sp³-hybridized carbons (Fsp3) is 0.333. The normalized spacial score (nSPS) is 9.41. The summed E-state index contributed by atoms with van der Waals surface area (Å²) in [6.45, 7) is 0.893. The van der Waals surface area contributed by atoms with Gasteiger partial charge in [0, 0.05) is 13.7 Å². The molecule has 1 amide bonds. The molecule has 0 aliphatic rings. The van der Waals surface area contributed by atoms with E-state index in [0.29, 0.717) is 24.5 Å². The van der Waals surface area contributed by atoms with Crippen LogP contribution in [0.1, 0.15) is 5.56 Å². The second-order valence-corrected chi connectivity index (χ2v) is 3.27. The summed E-state index contributed by atoms with van der Waals surface area (Å²) in [6.07, 6.45) is 0. The number of nitrogens with one attached hydrogen (secondary N) is 1. The van der Waals surface area contributed by atoms with Gasteiger partial charge in [-0.2, -0.15) is 5.26 Å². The number of carbonyl (C=O) groups is 1. The van der Waals surface area contributed by atoms with Crippen molar-refractivity contribution in [2.75, 3.05) is 26.9 Å². The third-order valence-electron chi connectivity index (χ3n) is 1.98. The summed E-state index contributed by atoms with van der Waals surface area (Å²) in [5.74, 6) is 0.359. The molecule has 17 heavy (non-hydrogen) atoms. The van der Waals surface area contributed by atoms with Crippen molar-refractivity contribution in [3.63, 3.8) is 0 Å². The van der Waals surface area contributed by atoms with E-state index in [1.807, 2.05) is 6.07 Å². The molecule has 0 fully saturated rings. The Morgan fingerprint density at radius 3 is 2.71 bits per heavy atom. The van der Waals surface area contributed by atoms with Gasteiger partial charge in [0.05, 0.1) is 18.2 Å². The molecule has 0 saturated carbocycles. The van der Waals surface area contributed by atoms with Gasteiger partial charge in [0.15, 0.2) is 6.61 Å². The molecule has 1 aromatic rings. The molecule has 0 saturated heterocycles. The van der Waals surface area contributed by atoms with Crippen LogP contribution in [-0.2, 0) is 9.53 Å². The first kappa shape index (κ1) is 13.0. The lowest BCUT2D eigenvalue weighted by atomic mass is 10.2. The molecule has 0 heterocycles. The molecular formula is C12H14N2O3. The Kier molecular flexibility index (Phi) is 5.55. The minimum absolute atomic E-state index is 0.0460. The van der Waals surface area contributed by atoms with E-state index in [1.165, 1.54) is 0 Å². The Labute approximate surface area is 100.0 Å². The van der Waals surface area contributed by atoms with Gasteiger partial charge in [-0.1, -0.05) is 0 Å². The number of ether oxygens (including phenoxy) is 2. The maximum atomic E-state index is 11.3.